The van der Waals surface area contributed by atoms with Gasteiger partial charge in [-0.1, -0.05) is 25.4 Å². The van der Waals surface area contributed by atoms with Gasteiger partial charge >= 0.3 is 0 Å². The van der Waals surface area contributed by atoms with E-state index in [-0.39, 0.29) is 0 Å². The molecule has 0 aliphatic carbocycles. The van der Waals surface area contributed by atoms with Gasteiger partial charge in [-0.2, -0.15) is 0 Å². The topological polar surface area (TPSA) is 49.8 Å². The van der Waals surface area contributed by atoms with Gasteiger partial charge in [-0.15, -0.1) is 0 Å². The van der Waals surface area contributed by atoms with Gasteiger partial charge in [0.05, 0.1) is 0 Å². The average Bonchev–Trinajstić information content (AvgIpc) is 2.38. The monoisotopic (exact) mass is 268 g/mol. The van der Waals surface area contributed by atoms with Gasteiger partial charge in [0.15, 0.2) is 11.0 Å². The summed E-state index contributed by atoms with van der Waals surface area (Å²) in [5, 5.41) is 7.34. The Morgan fingerprint density at radius 1 is 1.28 bits per heavy atom. The quantitative estimate of drug-likeness (QED) is 0.881. The maximum Gasteiger partial charge on any atom is 0.171 e. The number of nitrogens with zero attached hydrogens (tertiary/aromatic N) is 2. The zero-order valence-corrected chi connectivity index (χ0v) is 11.7. The number of aromatic nitrogens is 2. The second kappa shape index (κ2) is 6.34. The molecule has 5 heteroatoms. The summed E-state index contributed by atoms with van der Waals surface area (Å²) in [6, 6.07) is 0.404. The molecule has 1 atom stereocenters. The molecule has 0 radical (unpaired) electrons. The number of hydrogen-bond donors (Lipinski definition) is 2. The normalized spacial score (nSPS) is 18.9. The van der Waals surface area contributed by atoms with Gasteiger partial charge < -0.3 is 10.6 Å². The first-order valence-corrected chi connectivity index (χ1v) is 7.00. The van der Waals surface area contributed by atoms with Crippen LogP contribution in [0.2, 0.25) is 5.15 Å². The van der Waals surface area contributed by atoms with E-state index in [4.69, 9.17) is 11.6 Å². The van der Waals surface area contributed by atoms with Crippen LogP contribution in [0.4, 0.5) is 5.82 Å². The third-order valence-electron chi connectivity index (χ3n) is 3.57. The third kappa shape index (κ3) is 3.33. The number of piperidine rings is 1. The van der Waals surface area contributed by atoms with E-state index in [1.807, 2.05) is 0 Å². The van der Waals surface area contributed by atoms with Crippen molar-refractivity contribution in [2.75, 3.05) is 18.4 Å². The molecule has 2 N–H and O–H groups in total. The first-order valence-electron chi connectivity index (χ1n) is 6.62. The van der Waals surface area contributed by atoms with Crippen LogP contribution in [0.25, 0.3) is 0 Å². The molecule has 0 saturated carbocycles. The van der Waals surface area contributed by atoms with Gasteiger partial charge in [0, 0.05) is 18.4 Å². The molecule has 1 fully saturated rings. The average molecular weight is 269 g/mol. The van der Waals surface area contributed by atoms with Crippen LogP contribution in [0.1, 0.15) is 26.7 Å². The van der Waals surface area contributed by atoms with Crippen LogP contribution >= 0.6 is 11.6 Å². The summed E-state index contributed by atoms with van der Waals surface area (Å²) in [4.78, 5) is 8.34. The number of hydrogen-bond acceptors (Lipinski definition) is 4. The molecular weight excluding hydrogens is 248 g/mol. The molecule has 2 rings (SSSR count). The molecule has 1 aliphatic rings. The van der Waals surface area contributed by atoms with Crippen molar-refractivity contribution in [1.82, 2.24) is 15.3 Å². The Balaban J connectivity index is 2.08. The fourth-order valence-corrected chi connectivity index (χ4v) is 2.77. The molecule has 2 heterocycles. The van der Waals surface area contributed by atoms with Crippen LogP contribution in [-0.2, 0) is 0 Å². The Morgan fingerprint density at radius 3 is 2.56 bits per heavy atom. The number of nitrogens with one attached hydrogen (secondary N) is 2. The lowest BCUT2D eigenvalue weighted by Crippen LogP contribution is -2.41. The summed E-state index contributed by atoms with van der Waals surface area (Å²) in [7, 11) is 0. The molecule has 4 nitrogen and oxygen atoms in total. The maximum atomic E-state index is 6.06. The summed E-state index contributed by atoms with van der Waals surface area (Å²) >= 11 is 6.06. The summed E-state index contributed by atoms with van der Waals surface area (Å²) in [5.41, 5.74) is 0. The Kier molecular flexibility index (Phi) is 4.78. The van der Waals surface area contributed by atoms with Crippen molar-refractivity contribution in [2.24, 2.45) is 11.8 Å². The van der Waals surface area contributed by atoms with Crippen LogP contribution in [0.5, 0.6) is 0 Å². The molecule has 1 aliphatic heterocycles. The molecule has 1 unspecified atom stereocenters. The molecule has 1 aromatic rings. The lowest BCUT2D eigenvalue weighted by atomic mass is 9.84. The second-order valence-electron chi connectivity index (χ2n) is 5.20. The highest BCUT2D eigenvalue weighted by molar-refractivity contribution is 6.31. The molecule has 1 aromatic heterocycles. The van der Waals surface area contributed by atoms with Gasteiger partial charge in [-0.3, -0.25) is 0 Å². The van der Waals surface area contributed by atoms with E-state index >= 15 is 0 Å². The van der Waals surface area contributed by atoms with Gasteiger partial charge in [0.1, 0.15) is 0 Å². The maximum absolute atomic E-state index is 6.06. The van der Waals surface area contributed by atoms with Crippen molar-refractivity contribution in [3.63, 3.8) is 0 Å². The largest absolute Gasteiger partial charge is 0.364 e. The molecule has 18 heavy (non-hydrogen) atoms. The highest BCUT2D eigenvalue weighted by Gasteiger charge is 2.26. The smallest absolute Gasteiger partial charge is 0.171 e. The Bertz CT molecular complexity index is 377. The molecule has 0 aromatic carbocycles. The van der Waals surface area contributed by atoms with Crippen molar-refractivity contribution in [1.29, 1.82) is 0 Å². The minimum Gasteiger partial charge on any atom is -0.364 e. The lowest BCUT2D eigenvalue weighted by molar-refractivity contribution is 0.288. The Morgan fingerprint density at radius 2 is 1.94 bits per heavy atom. The van der Waals surface area contributed by atoms with Crippen LogP contribution in [0.3, 0.4) is 0 Å². The second-order valence-corrected chi connectivity index (χ2v) is 5.56. The molecule has 0 spiro atoms. The first kappa shape index (κ1) is 13.6. The summed E-state index contributed by atoms with van der Waals surface area (Å²) < 4.78 is 0. The van der Waals surface area contributed by atoms with Crippen molar-refractivity contribution in [3.8, 4) is 0 Å². The predicted octanol–water partition coefficient (Wildman–Crippen LogP) is 2.57. The standard InChI is InChI=1S/C13H21ClN4/c1-9(2)11(10-3-5-15-6-4-10)18-13-12(14)16-7-8-17-13/h7-11,15H,3-6H2,1-2H3,(H,17,18). The summed E-state index contributed by atoms with van der Waals surface area (Å²) in [5.74, 6) is 1.92. The minimum absolute atomic E-state index is 0.404. The first-order chi connectivity index (χ1) is 8.68. The fraction of sp³-hybridized carbons (Fsp3) is 0.692. The van der Waals surface area contributed by atoms with Crippen LogP contribution in [-0.4, -0.2) is 29.1 Å². The zero-order chi connectivity index (χ0) is 13.0. The molecule has 1 saturated heterocycles. The number of anilines is 1. The minimum atomic E-state index is 0.404. The molecular formula is C13H21ClN4. The summed E-state index contributed by atoms with van der Waals surface area (Å²) in [6.45, 7) is 6.68. The van der Waals surface area contributed by atoms with Crippen molar-refractivity contribution in [2.45, 2.75) is 32.7 Å². The fourth-order valence-electron chi connectivity index (χ4n) is 2.61. The molecule has 0 bridgehead atoms. The lowest BCUT2D eigenvalue weighted by Gasteiger charge is -2.34. The van der Waals surface area contributed by atoms with E-state index in [1.54, 1.807) is 12.4 Å². The Labute approximate surface area is 114 Å². The molecule has 100 valence electrons. The van der Waals surface area contributed by atoms with Crippen LogP contribution in [0.15, 0.2) is 12.4 Å². The number of rotatable bonds is 4. The van der Waals surface area contributed by atoms with E-state index in [2.05, 4.69) is 34.4 Å². The van der Waals surface area contributed by atoms with Crippen molar-refractivity contribution in [3.05, 3.63) is 17.5 Å². The number of halogens is 1. The SMILES string of the molecule is CC(C)C(Nc1nccnc1Cl)C1CCNCC1. The van der Waals surface area contributed by atoms with E-state index in [0.717, 1.165) is 13.1 Å². The predicted molar refractivity (Wildman–Crippen MR) is 74.9 cm³/mol. The van der Waals surface area contributed by atoms with Gasteiger partial charge in [-0.05, 0) is 37.8 Å². The highest BCUT2D eigenvalue weighted by atomic mass is 35.5. The zero-order valence-electron chi connectivity index (χ0n) is 11.0. The van der Waals surface area contributed by atoms with Crippen molar-refractivity contribution < 1.29 is 0 Å². The third-order valence-corrected chi connectivity index (χ3v) is 3.84. The van der Waals surface area contributed by atoms with Gasteiger partial charge in [0.25, 0.3) is 0 Å². The summed E-state index contributed by atoms with van der Waals surface area (Å²) in [6.07, 6.45) is 5.69. The van der Waals surface area contributed by atoms with Gasteiger partial charge in [0.2, 0.25) is 0 Å². The van der Waals surface area contributed by atoms with Crippen LogP contribution in [0, 0.1) is 11.8 Å². The van der Waals surface area contributed by atoms with Crippen molar-refractivity contribution >= 4 is 17.4 Å². The highest BCUT2D eigenvalue weighted by Crippen LogP contribution is 2.26. The Hall–Kier alpha value is -0.870. The van der Waals surface area contributed by atoms with Gasteiger partial charge in [-0.25, -0.2) is 9.97 Å². The molecule has 0 amide bonds. The van der Waals surface area contributed by atoms with E-state index in [1.165, 1.54) is 12.8 Å². The van der Waals surface area contributed by atoms with E-state index in [9.17, 15) is 0 Å². The van der Waals surface area contributed by atoms with E-state index < -0.39 is 0 Å². The van der Waals surface area contributed by atoms with E-state index in [0.29, 0.717) is 28.8 Å². The van der Waals surface area contributed by atoms with Crippen LogP contribution < -0.4 is 10.6 Å².